The molecule has 3 aromatic rings. The van der Waals surface area contributed by atoms with Crippen LogP contribution in [0.15, 0.2) is 46.9 Å². The molecule has 2 aliphatic rings. The third kappa shape index (κ3) is 3.91. The predicted octanol–water partition coefficient (Wildman–Crippen LogP) is 6.84. The van der Waals surface area contributed by atoms with Gasteiger partial charge in [-0.2, -0.15) is 0 Å². The number of rotatable bonds is 4. The van der Waals surface area contributed by atoms with Crippen LogP contribution in [0.5, 0.6) is 0 Å². The van der Waals surface area contributed by atoms with Crippen molar-refractivity contribution in [3.05, 3.63) is 63.6 Å². The van der Waals surface area contributed by atoms with Gasteiger partial charge >= 0.3 is 0 Å². The Balaban J connectivity index is 1.53. The molecule has 4 unspecified atom stereocenters. The van der Waals surface area contributed by atoms with Gasteiger partial charge in [0.25, 0.3) is 5.91 Å². The molecule has 0 saturated heterocycles. The van der Waals surface area contributed by atoms with Crippen molar-refractivity contribution in [2.45, 2.75) is 52.5 Å². The van der Waals surface area contributed by atoms with Gasteiger partial charge < -0.3 is 5.32 Å². The number of carbonyl (C=O) groups excluding carboxylic acids is 1. The molecule has 4 heteroatoms. The average molecular weight is 477 g/mol. The molecule has 3 nitrogen and oxygen atoms in total. The number of hydrogen-bond donors (Lipinski definition) is 1. The minimum atomic E-state index is 0.00629. The fourth-order valence-electron chi connectivity index (χ4n) is 5.92. The summed E-state index contributed by atoms with van der Waals surface area (Å²) in [6.07, 6.45) is 5.33. The zero-order valence-electron chi connectivity index (χ0n) is 18.4. The Kier molecular flexibility index (Phi) is 5.37. The van der Waals surface area contributed by atoms with Crippen LogP contribution in [0.3, 0.4) is 0 Å². The molecule has 160 valence electrons. The first-order valence-corrected chi connectivity index (χ1v) is 12.2. The first-order valence-electron chi connectivity index (χ1n) is 11.4. The normalized spacial score (nSPS) is 23.3. The molecule has 2 bridgehead atoms. The quantitative estimate of drug-likeness (QED) is 0.447. The summed E-state index contributed by atoms with van der Waals surface area (Å²) >= 11 is 3.57. The Bertz CT molecular complexity index is 1170. The van der Waals surface area contributed by atoms with Gasteiger partial charge in [-0.25, -0.2) is 4.98 Å². The van der Waals surface area contributed by atoms with Gasteiger partial charge in [0, 0.05) is 21.5 Å². The van der Waals surface area contributed by atoms with Gasteiger partial charge in [-0.05, 0) is 87.6 Å². The molecule has 2 aliphatic carbocycles. The van der Waals surface area contributed by atoms with E-state index in [4.69, 9.17) is 4.98 Å². The first-order chi connectivity index (χ1) is 14.9. The molecule has 0 radical (unpaired) electrons. The third-order valence-corrected chi connectivity index (χ3v) is 7.96. The second-order valence-electron chi connectivity index (χ2n) is 9.64. The Morgan fingerprint density at radius 1 is 1.10 bits per heavy atom. The van der Waals surface area contributed by atoms with E-state index in [1.165, 1.54) is 36.8 Å². The summed E-state index contributed by atoms with van der Waals surface area (Å²) in [5, 5.41) is 4.24. The minimum Gasteiger partial charge on any atom is -0.349 e. The second-order valence-corrected chi connectivity index (χ2v) is 10.6. The minimum absolute atomic E-state index is 0.00629. The lowest BCUT2D eigenvalue weighted by atomic mass is 9.84. The van der Waals surface area contributed by atoms with Crippen molar-refractivity contribution in [3.63, 3.8) is 0 Å². The summed E-state index contributed by atoms with van der Waals surface area (Å²) in [4.78, 5) is 18.4. The first kappa shape index (κ1) is 20.7. The van der Waals surface area contributed by atoms with E-state index < -0.39 is 0 Å². The van der Waals surface area contributed by atoms with Crippen molar-refractivity contribution in [1.29, 1.82) is 0 Å². The largest absolute Gasteiger partial charge is 0.349 e. The SMILES string of the molecule is Cc1ccc(-c2cc(C(=O)NC(C)C3CC4CCC3C4)c3cc(Br)ccc3n2)c(C)c1. The van der Waals surface area contributed by atoms with Crippen LogP contribution in [0.2, 0.25) is 0 Å². The number of aryl methyl sites for hydroxylation is 2. The summed E-state index contributed by atoms with van der Waals surface area (Å²) < 4.78 is 0.955. The highest BCUT2D eigenvalue weighted by Gasteiger charge is 2.42. The molecule has 1 aromatic heterocycles. The van der Waals surface area contributed by atoms with Crippen molar-refractivity contribution in [1.82, 2.24) is 10.3 Å². The highest BCUT2D eigenvalue weighted by Crippen LogP contribution is 2.49. The van der Waals surface area contributed by atoms with Gasteiger partial charge in [0.15, 0.2) is 0 Å². The number of fused-ring (bicyclic) bond motifs is 3. The Hall–Kier alpha value is -2.20. The number of pyridine rings is 1. The average Bonchev–Trinajstić information content (AvgIpc) is 3.37. The highest BCUT2D eigenvalue weighted by atomic mass is 79.9. The summed E-state index contributed by atoms with van der Waals surface area (Å²) in [5.74, 6) is 2.28. The Morgan fingerprint density at radius 3 is 2.65 bits per heavy atom. The Morgan fingerprint density at radius 2 is 1.94 bits per heavy atom. The molecule has 1 N–H and O–H groups in total. The van der Waals surface area contributed by atoms with E-state index in [0.29, 0.717) is 11.5 Å². The van der Waals surface area contributed by atoms with Gasteiger partial charge in [-0.3, -0.25) is 4.79 Å². The van der Waals surface area contributed by atoms with Crippen molar-refractivity contribution >= 4 is 32.7 Å². The molecule has 31 heavy (non-hydrogen) atoms. The number of carbonyl (C=O) groups is 1. The lowest BCUT2D eigenvalue weighted by Gasteiger charge is -2.28. The molecule has 5 rings (SSSR count). The topological polar surface area (TPSA) is 42.0 Å². The van der Waals surface area contributed by atoms with E-state index in [1.807, 2.05) is 24.3 Å². The van der Waals surface area contributed by atoms with Gasteiger partial charge in [0.1, 0.15) is 0 Å². The highest BCUT2D eigenvalue weighted by molar-refractivity contribution is 9.10. The maximum Gasteiger partial charge on any atom is 0.252 e. The molecular weight excluding hydrogens is 448 g/mol. The number of aromatic nitrogens is 1. The van der Waals surface area contributed by atoms with E-state index >= 15 is 0 Å². The molecule has 2 aromatic carbocycles. The molecule has 1 heterocycles. The lowest BCUT2D eigenvalue weighted by Crippen LogP contribution is -2.40. The zero-order chi connectivity index (χ0) is 21.7. The molecule has 2 fully saturated rings. The molecular formula is C27H29BrN2O. The van der Waals surface area contributed by atoms with Crippen LogP contribution < -0.4 is 5.32 Å². The number of hydrogen-bond acceptors (Lipinski definition) is 2. The van der Waals surface area contributed by atoms with Gasteiger partial charge in [0.05, 0.1) is 16.8 Å². The third-order valence-electron chi connectivity index (χ3n) is 7.47. The predicted molar refractivity (Wildman–Crippen MR) is 130 cm³/mol. The summed E-state index contributed by atoms with van der Waals surface area (Å²) in [6, 6.07) is 14.5. The molecule has 0 aliphatic heterocycles. The molecule has 1 amide bonds. The van der Waals surface area contributed by atoms with E-state index in [9.17, 15) is 4.79 Å². The zero-order valence-corrected chi connectivity index (χ0v) is 20.0. The van der Waals surface area contributed by atoms with Crippen LogP contribution in [0.25, 0.3) is 22.2 Å². The van der Waals surface area contributed by atoms with Crippen molar-refractivity contribution < 1.29 is 4.79 Å². The number of nitrogens with zero attached hydrogens (tertiary/aromatic N) is 1. The number of nitrogens with one attached hydrogen (secondary N) is 1. The maximum absolute atomic E-state index is 13.5. The monoisotopic (exact) mass is 476 g/mol. The number of benzene rings is 2. The molecule has 4 atom stereocenters. The fraction of sp³-hybridized carbons (Fsp3) is 0.407. The van der Waals surface area contributed by atoms with Crippen molar-refractivity contribution in [2.24, 2.45) is 17.8 Å². The second kappa shape index (κ2) is 8.05. The van der Waals surface area contributed by atoms with E-state index in [1.54, 1.807) is 0 Å². The van der Waals surface area contributed by atoms with Crippen LogP contribution in [0.4, 0.5) is 0 Å². The number of amides is 1. The van der Waals surface area contributed by atoms with Crippen LogP contribution in [0.1, 0.15) is 54.1 Å². The van der Waals surface area contributed by atoms with Crippen molar-refractivity contribution in [3.8, 4) is 11.3 Å². The Labute approximate surface area is 192 Å². The number of halogens is 1. The summed E-state index contributed by atoms with van der Waals surface area (Å²) in [5.41, 5.74) is 5.87. The smallest absolute Gasteiger partial charge is 0.252 e. The van der Waals surface area contributed by atoms with Gasteiger partial charge in [0.2, 0.25) is 0 Å². The molecule has 0 spiro atoms. The summed E-state index contributed by atoms with van der Waals surface area (Å²) in [6.45, 7) is 6.39. The standard InChI is InChI=1S/C27H29BrN2O/c1-15-4-8-21(16(2)10-15)26-14-24(23-13-20(28)7-9-25(23)30-26)27(31)29-17(3)22-12-18-5-6-19(22)11-18/h4,7-10,13-14,17-19,22H,5-6,11-12H2,1-3H3,(H,29,31). The van der Waals surface area contributed by atoms with Gasteiger partial charge in [-0.15, -0.1) is 0 Å². The molecule has 2 saturated carbocycles. The van der Waals surface area contributed by atoms with Gasteiger partial charge in [-0.1, -0.05) is 46.1 Å². The van der Waals surface area contributed by atoms with Crippen LogP contribution in [-0.4, -0.2) is 16.9 Å². The maximum atomic E-state index is 13.5. The fourth-order valence-corrected chi connectivity index (χ4v) is 6.28. The van der Waals surface area contributed by atoms with Crippen molar-refractivity contribution in [2.75, 3.05) is 0 Å². The lowest BCUT2D eigenvalue weighted by molar-refractivity contribution is 0.0917. The van der Waals surface area contributed by atoms with Crippen LogP contribution in [-0.2, 0) is 0 Å². The summed E-state index contributed by atoms with van der Waals surface area (Å²) in [7, 11) is 0. The van der Waals surface area contributed by atoms with Crippen LogP contribution >= 0.6 is 15.9 Å². The van der Waals surface area contributed by atoms with E-state index in [2.05, 4.69) is 60.2 Å². The van der Waals surface area contributed by atoms with Crippen LogP contribution in [0, 0.1) is 31.6 Å². The van der Waals surface area contributed by atoms with E-state index in [-0.39, 0.29) is 11.9 Å². The van der Waals surface area contributed by atoms with E-state index in [0.717, 1.165) is 38.5 Å².